The molecule has 4 rings (SSSR count). The summed E-state index contributed by atoms with van der Waals surface area (Å²) >= 11 is 6.23. The number of carbonyl (C=O) groups excluding carboxylic acids is 2. The number of aryl methyl sites for hydroxylation is 2. The highest BCUT2D eigenvalue weighted by molar-refractivity contribution is 6.51. The molecule has 3 aromatic rings. The molecule has 1 aliphatic heterocycles. The molecule has 0 aromatic heterocycles. The topological polar surface area (TPSA) is 87.1 Å². The van der Waals surface area contributed by atoms with Crippen LogP contribution in [0.1, 0.15) is 60.5 Å². The Bertz CT molecular complexity index is 1410. The third kappa shape index (κ3) is 4.69. The number of hydrogen-bond donors (Lipinski definition) is 2. The van der Waals surface area contributed by atoms with Gasteiger partial charge >= 0.3 is 0 Å². The van der Waals surface area contributed by atoms with E-state index in [0.717, 1.165) is 17.5 Å². The minimum Gasteiger partial charge on any atom is -0.507 e. The van der Waals surface area contributed by atoms with E-state index in [1.807, 2.05) is 45.9 Å². The summed E-state index contributed by atoms with van der Waals surface area (Å²) in [6.45, 7) is 7.86. The van der Waals surface area contributed by atoms with Crippen LogP contribution in [0.15, 0.2) is 60.2 Å². The van der Waals surface area contributed by atoms with E-state index >= 15 is 0 Å². The SMILES string of the molecule is CCc1ccc(N2C(=O)C(=O)/C(=C(/O)c3cc(C(C)C)c(OC)cc3C)C2c2ccc(O)c(Cl)c2)cc1. The predicted octanol–water partition coefficient (Wildman–Crippen LogP) is 6.67. The van der Waals surface area contributed by atoms with E-state index in [2.05, 4.69) is 0 Å². The van der Waals surface area contributed by atoms with Gasteiger partial charge in [0, 0.05) is 11.3 Å². The van der Waals surface area contributed by atoms with Gasteiger partial charge in [0.15, 0.2) is 0 Å². The third-order valence-corrected chi connectivity index (χ3v) is 7.11. The van der Waals surface area contributed by atoms with Crippen molar-refractivity contribution >= 4 is 34.7 Å². The Kier molecular flexibility index (Phi) is 7.32. The summed E-state index contributed by atoms with van der Waals surface area (Å²) in [7, 11) is 1.59. The molecule has 3 aromatic carbocycles. The largest absolute Gasteiger partial charge is 0.507 e. The maximum absolute atomic E-state index is 13.5. The highest BCUT2D eigenvalue weighted by atomic mass is 35.5. The Balaban J connectivity index is 1.99. The zero-order chi connectivity index (χ0) is 27.0. The molecule has 1 unspecified atom stereocenters. The molecule has 37 heavy (non-hydrogen) atoms. The van der Waals surface area contributed by atoms with Crippen molar-refractivity contribution in [3.63, 3.8) is 0 Å². The molecule has 1 heterocycles. The summed E-state index contributed by atoms with van der Waals surface area (Å²) in [6, 6.07) is 14.6. The van der Waals surface area contributed by atoms with Crippen LogP contribution in [-0.2, 0) is 16.0 Å². The standard InChI is InChI=1S/C30H30ClNO5/c1-6-18-7-10-20(11-8-18)32-27(19-9-12-24(33)23(31)14-19)26(29(35)30(32)36)28(34)22-15-21(16(2)3)25(37-5)13-17(22)4/h7-16,27,33-34H,6H2,1-5H3/b28-26+. The fourth-order valence-electron chi connectivity index (χ4n) is 4.73. The van der Waals surface area contributed by atoms with E-state index in [-0.39, 0.29) is 28.0 Å². The molecule has 1 fully saturated rings. The first-order valence-electron chi connectivity index (χ1n) is 12.2. The van der Waals surface area contributed by atoms with Gasteiger partial charge in [-0.15, -0.1) is 0 Å². The first kappa shape index (κ1) is 26.3. The number of benzene rings is 3. The molecule has 1 saturated heterocycles. The molecular formula is C30H30ClNO5. The molecule has 7 heteroatoms. The average Bonchev–Trinajstić information content (AvgIpc) is 3.15. The van der Waals surface area contributed by atoms with Gasteiger partial charge in [-0.3, -0.25) is 14.5 Å². The molecule has 0 spiro atoms. The minimum atomic E-state index is -0.949. The second-order valence-electron chi connectivity index (χ2n) is 9.46. The average molecular weight is 520 g/mol. The number of carbonyl (C=O) groups is 2. The molecule has 0 bridgehead atoms. The second-order valence-corrected chi connectivity index (χ2v) is 9.87. The summed E-state index contributed by atoms with van der Waals surface area (Å²) in [4.78, 5) is 28.3. The van der Waals surface area contributed by atoms with Crippen LogP contribution in [0, 0.1) is 6.92 Å². The van der Waals surface area contributed by atoms with Crippen LogP contribution in [-0.4, -0.2) is 29.0 Å². The number of Topliss-reactive ketones (excluding diaryl/α,β-unsaturated/α-hetero) is 1. The van der Waals surface area contributed by atoms with E-state index in [4.69, 9.17) is 16.3 Å². The van der Waals surface area contributed by atoms with E-state index in [1.165, 1.54) is 17.0 Å². The van der Waals surface area contributed by atoms with Gasteiger partial charge in [0.25, 0.3) is 11.7 Å². The molecule has 192 valence electrons. The number of amides is 1. The van der Waals surface area contributed by atoms with E-state index < -0.39 is 17.7 Å². The van der Waals surface area contributed by atoms with Crippen molar-refractivity contribution in [3.05, 3.63) is 93.0 Å². The number of phenolic OH excluding ortho intramolecular Hbond substituents is 1. The van der Waals surface area contributed by atoms with E-state index in [9.17, 15) is 19.8 Å². The van der Waals surface area contributed by atoms with Crippen LogP contribution in [0.2, 0.25) is 5.02 Å². The van der Waals surface area contributed by atoms with Crippen molar-refractivity contribution in [2.24, 2.45) is 0 Å². The summed E-state index contributed by atoms with van der Waals surface area (Å²) in [5, 5.41) is 21.7. The molecule has 1 amide bonds. The monoisotopic (exact) mass is 519 g/mol. The maximum atomic E-state index is 13.5. The molecule has 1 atom stereocenters. The number of anilines is 1. The van der Waals surface area contributed by atoms with Crippen LogP contribution >= 0.6 is 11.6 Å². The van der Waals surface area contributed by atoms with E-state index in [1.54, 1.807) is 31.4 Å². The Morgan fingerprint density at radius 1 is 1.08 bits per heavy atom. The lowest BCUT2D eigenvalue weighted by Crippen LogP contribution is -2.29. The van der Waals surface area contributed by atoms with Crippen molar-refractivity contribution < 1.29 is 24.5 Å². The zero-order valence-corrected chi connectivity index (χ0v) is 22.3. The smallest absolute Gasteiger partial charge is 0.300 e. The first-order valence-corrected chi connectivity index (χ1v) is 12.5. The number of methoxy groups -OCH3 is 1. The van der Waals surface area contributed by atoms with E-state index in [0.29, 0.717) is 28.1 Å². The van der Waals surface area contributed by atoms with Crippen molar-refractivity contribution in [2.75, 3.05) is 12.0 Å². The molecule has 2 N–H and O–H groups in total. The summed E-state index contributed by atoms with van der Waals surface area (Å²) in [6.07, 6.45) is 0.824. The number of nitrogens with zero attached hydrogens (tertiary/aromatic N) is 1. The second kappa shape index (κ2) is 10.3. The van der Waals surface area contributed by atoms with Gasteiger partial charge in [-0.1, -0.05) is 50.6 Å². The summed E-state index contributed by atoms with van der Waals surface area (Å²) in [5.74, 6) is -1.18. The van der Waals surface area contributed by atoms with Gasteiger partial charge in [-0.05, 0) is 77.9 Å². The van der Waals surface area contributed by atoms with Crippen molar-refractivity contribution in [1.82, 2.24) is 0 Å². The Hall–Kier alpha value is -3.77. The predicted molar refractivity (Wildman–Crippen MR) is 146 cm³/mol. The minimum absolute atomic E-state index is 0.0469. The number of aliphatic hydroxyl groups excluding tert-OH is 1. The highest BCUT2D eigenvalue weighted by Crippen LogP contribution is 2.44. The van der Waals surface area contributed by atoms with Gasteiger partial charge in [0.05, 0.1) is 23.7 Å². The van der Waals surface area contributed by atoms with Crippen LogP contribution in [0.3, 0.4) is 0 Å². The van der Waals surface area contributed by atoms with Gasteiger partial charge in [0.2, 0.25) is 0 Å². The van der Waals surface area contributed by atoms with Crippen LogP contribution < -0.4 is 9.64 Å². The summed E-state index contributed by atoms with van der Waals surface area (Å²) in [5.41, 5.74) is 4.04. The lowest BCUT2D eigenvalue weighted by atomic mass is 9.91. The molecule has 0 radical (unpaired) electrons. The Morgan fingerprint density at radius 3 is 2.32 bits per heavy atom. The number of hydrogen-bond acceptors (Lipinski definition) is 5. The molecule has 0 aliphatic carbocycles. The molecule has 6 nitrogen and oxygen atoms in total. The number of ether oxygens (including phenoxy) is 1. The highest BCUT2D eigenvalue weighted by Gasteiger charge is 2.47. The van der Waals surface area contributed by atoms with Crippen molar-refractivity contribution in [1.29, 1.82) is 0 Å². The fraction of sp³-hybridized carbons (Fsp3) is 0.267. The van der Waals surface area contributed by atoms with Crippen LogP contribution in [0.25, 0.3) is 5.76 Å². The fourth-order valence-corrected chi connectivity index (χ4v) is 4.92. The zero-order valence-electron chi connectivity index (χ0n) is 21.5. The quantitative estimate of drug-likeness (QED) is 0.215. The van der Waals surface area contributed by atoms with Gasteiger partial charge < -0.3 is 14.9 Å². The van der Waals surface area contributed by atoms with Gasteiger partial charge in [0.1, 0.15) is 17.3 Å². The Labute approximate surface area is 221 Å². The lowest BCUT2D eigenvalue weighted by molar-refractivity contribution is -0.132. The van der Waals surface area contributed by atoms with Gasteiger partial charge in [-0.2, -0.15) is 0 Å². The Morgan fingerprint density at radius 2 is 1.76 bits per heavy atom. The van der Waals surface area contributed by atoms with Crippen LogP contribution in [0.5, 0.6) is 11.5 Å². The third-order valence-electron chi connectivity index (χ3n) is 6.81. The van der Waals surface area contributed by atoms with Gasteiger partial charge in [-0.25, -0.2) is 0 Å². The van der Waals surface area contributed by atoms with Crippen molar-refractivity contribution in [3.8, 4) is 11.5 Å². The lowest BCUT2D eigenvalue weighted by Gasteiger charge is -2.26. The number of aromatic hydroxyl groups is 1. The number of phenols is 1. The number of rotatable bonds is 6. The summed E-state index contributed by atoms with van der Waals surface area (Å²) < 4.78 is 5.53. The number of aliphatic hydroxyl groups is 1. The molecule has 1 aliphatic rings. The molecule has 0 saturated carbocycles. The maximum Gasteiger partial charge on any atom is 0.300 e. The van der Waals surface area contributed by atoms with Crippen LogP contribution in [0.4, 0.5) is 5.69 Å². The first-order chi connectivity index (χ1) is 17.6. The normalized spacial score (nSPS) is 17.1. The number of ketones is 1. The molecular weight excluding hydrogens is 490 g/mol. The number of halogens is 1. The van der Waals surface area contributed by atoms with Crippen molar-refractivity contribution in [2.45, 2.75) is 46.1 Å².